The lowest BCUT2D eigenvalue weighted by molar-refractivity contribution is -0.136. The molecular weight excluding hydrogens is 400 g/mol. The molecule has 0 saturated carbocycles. The standard InChI is InChI=1S/C19H22N2O7S/c1-11-15(18(23)28-3)16(12-4-6-13(7-5-12)17(22)27-2)20-19(24)21(11)14-8-9-29(25,26)10-14/h4-7,14,16H,8-10H2,1-3H3,(H,20,24)/t14-,16+/m1/s1. The number of hydrogen-bond donors (Lipinski definition) is 1. The van der Waals surface area contributed by atoms with Crippen molar-refractivity contribution in [2.24, 2.45) is 0 Å². The quantitative estimate of drug-likeness (QED) is 0.724. The van der Waals surface area contributed by atoms with Crippen LogP contribution in [0.2, 0.25) is 0 Å². The van der Waals surface area contributed by atoms with Gasteiger partial charge in [0.05, 0.1) is 48.9 Å². The summed E-state index contributed by atoms with van der Waals surface area (Å²) in [5, 5.41) is 2.76. The Bertz CT molecular complexity index is 982. The lowest BCUT2D eigenvalue weighted by Crippen LogP contribution is -2.52. The number of esters is 2. The minimum absolute atomic E-state index is 0.000698. The minimum atomic E-state index is -3.22. The van der Waals surface area contributed by atoms with E-state index in [2.05, 4.69) is 10.1 Å². The van der Waals surface area contributed by atoms with E-state index in [-0.39, 0.29) is 17.1 Å². The third kappa shape index (κ3) is 3.98. The zero-order chi connectivity index (χ0) is 21.3. The van der Waals surface area contributed by atoms with E-state index < -0.39 is 39.9 Å². The van der Waals surface area contributed by atoms with Gasteiger partial charge in [0.15, 0.2) is 9.84 Å². The van der Waals surface area contributed by atoms with Crippen molar-refractivity contribution in [1.82, 2.24) is 10.2 Å². The molecule has 2 atom stereocenters. The predicted octanol–water partition coefficient (Wildman–Crippen LogP) is 1.17. The Morgan fingerprint density at radius 3 is 2.24 bits per heavy atom. The molecule has 1 N–H and O–H groups in total. The molecule has 0 bridgehead atoms. The van der Waals surface area contributed by atoms with E-state index in [9.17, 15) is 22.8 Å². The Morgan fingerprint density at radius 1 is 1.10 bits per heavy atom. The molecule has 1 fully saturated rings. The number of nitrogens with one attached hydrogen (secondary N) is 1. The summed E-state index contributed by atoms with van der Waals surface area (Å²) in [4.78, 5) is 38.3. The van der Waals surface area contributed by atoms with Crippen LogP contribution in [0.3, 0.4) is 0 Å². The summed E-state index contributed by atoms with van der Waals surface area (Å²) in [6.45, 7) is 1.60. The van der Waals surface area contributed by atoms with Crippen molar-refractivity contribution in [2.45, 2.75) is 25.4 Å². The molecule has 0 aromatic heterocycles. The number of ether oxygens (including phenoxy) is 2. The maximum atomic E-state index is 12.8. The maximum Gasteiger partial charge on any atom is 0.337 e. The monoisotopic (exact) mass is 422 g/mol. The number of nitrogens with zero attached hydrogens (tertiary/aromatic N) is 1. The van der Waals surface area contributed by atoms with Gasteiger partial charge in [0, 0.05) is 5.70 Å². The molecule has 1 aromatic carbocycles. The van der Waals surface area contributed by atoms with Crippen LogP contribution in [-0.2, 0) is 24.1 Å². The van der Waals surface area contributed by atoms with Crippen molar-refractivity contribution in [1.29, 1.82) is 0 Å². The van der Waals surface area contributed by atoms with Crippen LogP contribution < -0.4 is 5.32 Å². The number of allylic oxidation sites excluding steroid dienone is 1. The number of carbonyl (C=O) groups is 3. The van der Waals surface area contributed by atoms with E-state index in [1.165, 1.54) is 31.3 Å². The Morgan fingerprint density at radius 2 is 1.72 bits per heavy atom. The van der Waals surface area contributed by atoms with Crippen LogP contribution in [0.4, 0.5) is 4.79 Å². The normalized spacial score (nSPS) is 23.6. The summed E-state index contributed by atoms with van der Waals surface area (Å²) >= 11 is 0. The summed E-state index contributed by atoms with van der Waals surface area (Å²) in [6, 6.07) is 4.48. The van der Waals surface area contributed by atoms with E-state index >= 15 is 0 Å². The molecule has 156 valence electrons. The lowest BCUT2D eigenvalue weighted by Gasteiger charge is -2.38. The summed E-state index contributed by atoms with van der Waals surface area (Å²) < 4.78 is 33.3. The van der Waals surface area contributed by atoms with Crippen molar-refractivity contribution in [2.75, 3.05) is 25.7 Å². The van der Waals surface area contributed by atoms with Crippen molar-refractivity contribution in [3.8, 4) is 0 Å². The van der Waals surface area contributed by atoms with E-state index in [0.29, 0.717) is 23.2 Å². The second-order valence-electron chi connectivity index (χ2n) is 6.91. The molecule has 9 nitrogen and oxygen atoms in total. The number of benzene rings is 1. The van der Waals surface area contributed by atoms with Crippen molar-refractivity contribution in [3.63, 3.8) is 0 Å². The second-order valence-corrected chi connectivity index (χ2v) is 9.14. The Kier molecular flexibility index (Phi) is 5.65. The summed E-state index contributed by atoms with van der Waals surface area (Å²) in [5.74, 6) is -1.28. The molecule has 0 unspecified atom stereocenters. The smallest absolute Gasteiger partial charge is 0.337 e. The first kappa shape index (κ1) is 20.8. The number of carbonyl (C=O) groups excluding carboxylic acids is 3. The molecule has 0 aliphatic carbocycles. The highest BCUT2D eigenvalue weighted by atomic mass is 32.2. The molecule has 2 heterocycles. The molecule has 2 aliphatic heterocycles. The molecule has 0 spiro atoms. The first-order valence-corrected chi connectivity index (χ1v) is 10.8. The molecule has 0 radical (unpaired) electrons. The fraction of sp³-hybridized carbons (Fsp3) is 0.421. The molecule has 3 rings (SSSR count). The minimum Gasteiger partial charge on any atom is -0.466 e. The summed E-state index contributed by atoms with van der Waals surface area (Å²) in [5.41, 5.74) is 1.47. The van der Waals surface area contributed by atoms with Gasteiger partial charge in [-0.3, -0.25) is 4.90 Å². The lowest BCUT2D eigenvalue weighted by atomic mass is 9.93. The van der Waals surface area contributed by atoms with Gasteiger partial charge in [-0.05, 0) is 31.0 Å². The molecule has 2 aliphatic rings. The van der Waals surface area contributed by atoms with Crippen LogP contribution in [0.5, 0.6) is 0 Å². The molecular formula is C19H22N2O7S. The molecule has 29 heavy (non-hydrogen) atoms. The van der Waals surface area contributed by atoms with Gasteiger partial charge in [0.2, 0.25) is 0 Å². The van der Waals surface area contributed by atoms with Crippen molar-refractivity contribution >= 4 is 27.8 Å². The van der Waals surface area contributed by atoms with E-state index in [4.69, 9.17) is 4.74 Å². The van der Waals surface area contributed by atoms with Crippen LogP contribution in [0, 0.1) is 0 Å². The van der Waals surface area contributed by atoms with Gasteiger partial charge in [0.25, 0.3) is 0 Å². The topological polar surface area (TPSA) is 119 Å². The van der Waals surface area contributed by atoms with E-state index in [1.807, 2.05) is 0 Å². The van der Waals surface area contributed by atoms with Gasteiger partial charge in [-0.25, -0.2) is 22.8 Å². The highest BCUT2D eigenvalue weighted by molar-refractivity contribution is 7.91. The largest absolute Gasteiger partial charge is 0.466 e. The summed E-state index contributed by atoms with van der Waals surface area (Å²) in [7, 11) is -0.709. The highest BCUT2D eigenvalue weighted by Crippen LogP contribution is 2.34. The Balaban J connectivity index is 2.01. The van der Waals surface area contributed by atoms with Crippen LogP contribution >= 0.6 is 0 Å². The molecule has 1 aromatic rings. The molecule has 1 saturated heterocycles. The number of amides is 2. The Hall–Kier alpha value is -2.88. The van der Waals surface area contributed by atoms with Crippen LogP contribution in [0.15, 0.2) is 35.5 Å². The fourth-order valence-corrected chi connectivity index (χ4v) is 5.43. The van der Waals surface area contributed by atoms with Crippen LogP contribution in [0.1, 0.15) is 35.3 Å². The number of hydrogen-bond acceptors (Lipinski definition) is 7. The van der Waals surface area contributed by atoms with Gasteiger partial charge < -0.3 is 14.8 Å². The number of sulfone groups is 1. The maximum absolute atomic E-state index is 12.8. The predicted molar refractivity (Wildman–Crippen MR) is 103 cm³/mol. The van der Waals surface area contributed by atoms with Crippen LogP contribution in [0.25, 0.3) is 0 Å². The zero-order valence-corrected chi connectivity index (χ0v) is 17.1. The number of methoxy groups -OCH3 is 2. The van der Waals surface area contributed by atoms with Crippen molar-refractivity contribution in [3.05, 3.63) is 46.7 Å². The van der Waals surface area contributed by atoms with Gasteiger partial charge in [-0.2, -0.15) is 0 Å². The first-order chi connectivity index (χ1) is 13.7. The number of urea groups is 1. The van der Waals surface area contributed by atoms with Crippen LogP contribution in [-0.4, -0.2) is 63.1 Å². The second kappa shape index (κ2) is 7.86. The number of rotatable bonds is 4. The van der Waals surface area contributed by atoms with Gasteiger partial charge in [-0.1, -0.05) is 12.1 Å². The first-order valence-electron chi connectivity index (χ1n) is 8.96. The zero-order valence-electron chi connectivity index (χ0n) is 16.3. The van der Waals surface area contributed by atoms with E-state index in [0.717, 1.165) is 0 Å². The summed E-state index contributed by atoms with van der Waals surface area (Å²) in [6.07, 6.45) is 0.306. The van der Waals surface area contributed by atoms with Gasteiger partial charge >= 0.3 is 18.0 Å². The van der Waals surface area contributed by atoms with Gasteiger partial charge in [0.1, 0.15) is 0 Å². The Labute approximate surface area is 168 Å². The average molecular weight is 422 g/mol. The van der Waals surface area contributed by atoms with E-state index in [1.54, 1.807) is 19.1 Å². The molecule has 2 amide bonds. The SMILES string of the molecule is COC(=O)C1=C(C)N([C@@H]2CCS(=O)(=O)C2)C(=O)N[C@H]1c1ccc(C(=O)OC)cc1. The highest BCUT2D eigenvalue weighted by Gasteiger charge is 2.42. The van der Waals surface area contributed by atoms with Gasteiger partial charge in [-0.15, -0.1) is 0 Å². The average Bonchev–Trinajstić information content (AvgIpc) is 3.05. The third-order valence-corrected chi connectivity index (χ3v) is 6.92. The molecule has 10 heteroatoms. The third-order valence-electron chi connectivity index (χ3n) is 5.17. The van der Waals surface area contributed by atoms with Crippen molar-refractivity contribution < 1.29 is 32.3 Å². The fourth-order valence-electron chi connectivity index (χ4n) is 3.73.